The number of aliphatic hydroxyl groups is 12. The molecular weight excluding hydrogens is 1310 g/mol. The molecular formula is C52H85N7Na2O34. The fourth-order valence-corrected chi connectivity index (χ4v) is 11.1. The van der Waals surface area contributed by atoms with Crippen LogP contribution in [0.4, 0.5) is 0 Å². The van der Waals surface area contributed by atoms with Crippen molar-refractivity contribution in [3.8, 4) is 0 Å². The second-order valence-electron chi connectivity index (χ2n) is 22.5. The Kier molecular flexibility index (Phi) is 35.9. The number of carbonyl (C=O) groups excluding carboxylic acids is 8. The van der Waals surface area contributed by atoms with Crippen LogP contribution in [-0.4, -0.2) is 326 Å². The first-order valence-corrected chi connectivity index (χ1v) is 29.2. The number of methoxy groups -OCH3 is 2. The van der Waals surface area contributed by atoms with Gasteiger partial charge in [-0.25, -0.2) is 5.84 Å². The van der Waals surface area contributed by atoms with Crippen LogP contribution in [0.25, 0.3) is 0 Å². The van der Waals surface area contributed by atoms with Gasteiger partial charge in [0.25, 0.3) is 5.91 Å². The van der Waals surface area contributed by atoms with Crippen molar-refractivity contribution in [2.75, 3.05) is 34.0 Å². The molecule has 6 heterocycles. The maximum atomic E-state index is 13.3. The van der Waals surface area contributed by atoms with Gasteiger partial charge in [0, 0.05) is 47.8 Å². The van der Waals surface area contributed by atoms with Gasteiger partial charge >= 0.3 is 59.1 Å². The summed E-state index contributed by atoms with van der Waals surface area (Å²) in [6, 6.07) is -3.89. The van der Waals surface area contributed by atoms with Crippen molar-refractivity contribution in [1.29, 1.82) is 0 Å². The van der Waals surface area contributed by atoms with Crippen LogP contribution in [0.5, 0.6) is 0 Å². The number of nitrogens with one attached hydrogen (secondary N) is 6. The minimum atomic E-state index is -2.37. The summed E-state index contributed by atoms with van der Waals surface area (Å²) in [7, 11) is 2.19. The van der Waals surface area contributed by atoms with Crippen LogP contribution in [-0.2, 0) is 95.2 Å². The van der Waals surface area contributed by atoms with E-state index in [-0.39, 0.29) is 84.8 Å². The summed E-state index contributed by atoms with van der Waals surface area (Å²) in [6.07, 6.45) is -46.3. The molecule has 6 aliphatic heterocycles. The van der Waals surface area contributed by atoms with Crippen molar-refractivity contribution in [2.45, 2.75) is 244 Å². The fraction of sp³-hybridized carbons (Fsp3) is 0.846. The van der Waals surface area contributed by atoms with E-state index in [1.54, 1.807) is 6.92 Å². The second kappa shape index (κ2) is 39.7. The van der Waals surface area contributed by atoms with E-state index in [0.29, 0.717) is 0 Å². The Morgan fingerprint density at radius 1 is 0.421 bits per heavy atom. The Hall–Kier alpha value is -3.24. The van der Waals surface area contributed by atoms with Crippen molar-refractivity contribution >= 4 is 47.4 Å². The molecule has 0 aromatic rings. The van der Waals surface area contributed by atoms with Crippen molar-refractivity contribution in [1.82, 2.24) is 32.2 Å². The number of hydrogen-bond donors (Lipinski definition) is 19. The third-order valence-electron chi connectivity index (χ3n) is 15.9. The fourth-order valence-electron chi connectivity index (χ4n) is 11.1. The van der Waals surface area contributed by atoms with Gasteiger partial charge in [-0.1, -0.05) is 0 Å². The Balaban J connectivity index is 0.000000655. The normalized spacial score (nSPS) is 40.1. The van der Waals surface area contributed by atoms with Crippen LogP contribution >= 0.6 is 0 Å². The smallest absolute Gasteiger partial charge is 0.547 e. The van der Waals surface area contributed by atoms with E-state index in [1.807, 2.05) is 5.43 Å². The molecule has 30 atom stereocenters. The number of carboxylic acid groups (broad SMARTS) is 2. The van der Waals surface area contributed by atoms with Crippen LogP contribution < -0.4 is 107 Å². The van der Waals surface area contributed by atoms with Gasteiger partial charge in [-0.15, -0.1) is 0 Å². The molecule has 6 rings (SSSR count). The molecule has 0 saturated carbocycles. The summed E-state index contributed by atoms with van der Waals surface area (Å²) in [6.45, 7) is 4.09. The van der Waals surface area contributed by atoms with E-state index in [9.17, 15) is 110 Å². The number of aliphatic carboxylic acids is 2. The third kappa shape index (κ3) is 21.9. The minimum absolute atomic E-state index is 0. The predicted molar refractivity (Wildman–Crippen MR) is 290 cm³/mol. The summed E-state index contributed by atoms with van der Waals surface area (Å²) in [5, 5.41) is 159. The Morgan fingerprint density at radius 3 is 1.12 bits per heavy atom. The predicted octanol–water partition coefficient (Wildman–Crippen LogP) is -21.0. The summed E-state index contributed by atoms with van der Waals surface area (Å²) in [5.74, 6) is -2.97. The second-order valence-corrected chi connectivity index (χ2v) is 22.5. The van der Waals surface area contributed by atoms with Crippen molar-refractivity contribution in [3.63, 3.8) is 0 Å². The summed E-state index contributed by atoms with van der Waals surface area (Å²) in [4.78, 5) is 96.9. The quantitative estimate of drug-likeness (QED) is 0.0140. The molecule has 0 bridgehead atoms. The first-order valence-electron chi connectivity index (χ1n) is 29.2. The zero-order chi connectivity index (χ0) is 69.6. The van der Waals surface area contributed by atoms with Crippen molar-refractivity contribution in [3.05, 3.63) is 0 Å². The first-order chi connectivity index (χ1) is 43.8. The van der Waals surface area contributed by atoms with Gasteiger partial charge in [0.2, 0.25) is 29.5 Å². The van der Waals surface area contributed by atoms with Gasteiger partial charge in [-0.2, -0.15) is 0 Å². The average Bonchev–Trinajstić information content (AvgIpc) is 0.791. The number of hydrogen-bond acceptors (Lipinski definition) is 35. The number of unbranched alkanes of at least 4 members (excludes halogenated alkanes) is 1. The van der Waals surface area contributed by atoms with Gasteiger partial charge in [0.1, 0.15) is 128 Å². The van der Waals surface area contributed by atoms with E-state index in [1.165, 1.54) is 13.8 Å². The maximum Gasteiger partial charge on any atom is 1.00 e. The molecule has 6 amide bonds. The number of nitrogens with two attached hydrogens (primary N) is 1. The molecule has 0 aromatic carbocycles. The van der Waals surface area contributed by atoms with Crippen LogP contribution in [0.2, 0.25) is 0 Å². The van der Waals surface area contributed by atoms with E-state index in [0.717, 1.165) is 28.1 Å². The Bertz CT molecular complexity index is 2500. The number of hydrazine groups is 2. The molecule has 95 heavy (non-hydrogen) atoms. The molecule has 43 heteroatoms. The zero-order valence-corrected chi connectivity index (χ0v) is 57.2. The Labute approximate surface area is 586 Å². The van der Waals surface area contributed by atoms with Gasteiger partial charge < -0.3 is 154 Å². The molecule has 41 nitrogen and oxygen atoms in total. The molecule has 6 fully saturated rings. The zero-order valence-electron chi connectivity index (χ0n) is 53.2. The first kappa shape index (κ1) is 86.0. The maximum absolute atomic E-state index is 13.3. The number of aliphatic hydroxyl groups excluding tert-OH is 12. The SMILES string of the molecule is COC1C(C(=O)NNC(=O)CCCCC(=O)NN)OC(OC2C(O)C(CO)OC(OC3C(C(=O)[O-])OC(OC4C(O)C(CO)OC(C)C4NC(C)=O)C(O)C3O)C2NC(C)=O)C(O)C1O.COC1C(C(=O)[O-])OC(OC2C(O)C(CO)OC(C)C2NC(C)=O)C(O)C1O.[Na+].[Na+]. The van der Waals surface area contributed by atoms with E-state index in [4.69, 9.17) is 62.7 Å². The van der Waals surface area contributed by atoms with Crippen LogP contribution in [0.1, 0.15) is 60.3 Å². The molecule has 6 saturated heterocycles. The molecule has 6 aliphatic rings. The van der Waals surface area contributed by atoms with Crippen LogP contribution in [0.15, 0.2) is 0 Å². The molecule has 0 aromatic heterocycles. The largest absolute Gasteiger partial charge is 1.00 e. The third-order valence-corrected chi connectivity index (χ3v) is 15.9. The topological polar surface area (TPSA) is 634 Å². The van der Waals surface area contributed by atoms with Gasteiger partial charge in [-0.05, 0) is 26.7 Å². The summed E-state index contributed by atoms with van der Waals surface area (Å²) in [5.41, 5.74) is 6.15. The van der Waals surface area contributed by atoms with Gasteiger partial charge in [0.05, 0.1) is 56.1 Å². The van der Waals surface area contributed by atoms with E-state index in [2.05, 4.69) is 26.8 Å². The summed E-state index contributed by atoms with van der Waals surface area (Å²) >= 11 is 0. The van der Waals surface area contributed by atoms with E-state index < -0.39 is 251 Å². The molecule has 0 aliphatic carbocycles. The van der Waals surface area contributed by atoms with Gasteiger partial charge in [-0.3, -0.25) is 45.0 Å². The molecule has 20 N–H and O–H groups in total. The van der Waals surface area contributed by atoms with Crippen molar-refractivity contribution < 1.29 is 226 Å². The molecule has 30 unspecified atom stereocenters. The monoisotopic (exact) mass is 1400 g/mol. The number of rotatable bonds is 24. The summed E-state index contributed by atoms with van der Waals surface area (Å²) < 4.78 is 66.1. The number of carboxylic acids is 2. The molecule has 0 spiro atoms. The molecule has 0 radical (unpaired) electrons. The standard InChI is InChI=1S/C36H60N6O23.C16H27NO11.2Na/c1-11-18(38-12(2)45)26(20(49)14(9-43)59-11)61-36-25(54)23(52)29(31(65-36)33(56)57)63-34-19(39-13(3)46)27(21(50)15(10-44)60-34)62-35-24(53)22(51)28(58-4)30(64-35)32(55)42-41-17(48)8-6-5-7-16(47)40-37;1-5-8(17-6(2)19)12(9(20)7(4-18)26-5)27-16-11(22)10(21)13(25-3)14(28-16)15(23)24;;/h11,14-15,18-31,34-36,43-44,49-54H,5-10,37H2,1-4H3,(H,38,45)(H,39,46)(H,40,47)(H,41,48)(H,42,55)(H,56,57);5,7-14,16,18,20-22H,4H2,1-3H3,(H,17,19)(H,23,24);;/q;;2*+1/p-2. The molecule has 534 valence electrons. The van der Waals surface area contributed by atoms with Crippen LogP contribution in [0.3, 0.4) is 0 Å². The number of amides is 6. The number of ether oxygens (including phenoxy) is 12. The minimum Gasteiger partial charge on any atom is -0.547 e. The number of carbonyl (C=O) groups is 8. The van der Waals surface area contributed by atoms with Crippen LogP contribution in [0, 0.1) is 0 Å². The van der Waals surface area contributed by atoms with E-state index >= 15 is 0 Å². The Morgan fingerprint density at radius 2 is 0.747 bits per heavy atom. The van der Waals surface area contributed by atoms with Crippen molar-refractivity contribution in [2.24, 2.45) is 5.84 Å². The average molecular weight is 1400 g/mol. The van der Waals surface area contributed by atoms with Gasteiger partial charge in [0.15, 0.2) is 31.3 Å².